The molecule has 0 radical (unpaired) electrons. The van der Waals surface area contributed by atoms with Crippen molar-refractivity contribution in [3.05, 3.63) is 59.9 Å². The van der Waals surface area contributed by atoms with Crippen molar-refractivity contribution in [1.29, 1.82) is 0 Å². The number of ether oxygens (including phenoxy) is 1. The molecule has 0 aliphatic carbocycles. The number of nitrogens with zero attached hydrogens (tertiary/aromatic N) is 2. The number of anilines is 1. The summed E-state index contributed by atoms with van der Waals surface area (Å²) in [5.74, 6) is -1.35. The van der Waals surface area contributed by atoms with Crippen LogP contribution in [0, 0.1) is 5.82 Å². The van der Waals surface area contributed by atoms with Crippen LogP contribution in [0.5, 0.6) is 5.75 Å². The molecule has 2 aromatic carbocycles. The summed E-state index contributed by atoms with van der Waals surface area (Å²) in [4.78, 5) is 39.4. The number of hydrogen-bond donors (Lipinski definition) is 2. The first-order chi connectivity index (χ1) is 15.8. The second-order valence-electron chi connectivity index (χ2n) is 7.33. The number of hydrogen-bond acceptors (Lipinski definition) is 5. The van der Waals surface area contributed by atoms with E-state index < -0.39 is 29.6 Å². The number of likely N-dealkylation sites (N-methyl/N-ethyl adjacent to an activating group) is 1. The number of hydrazine groups is 1. The van der Waals surface area contributed by atoms with Crippen molar-refractivity contribution in [2.24, 2.45) is 0 Å². The van der Waals surface area contributed by atoms with Gasteiger partial charge in [0, 0.05) is 17.8 Å². The number of carbonyl (C=O) groups excluding carboxylic acids is 3. The van der Waals surface area contributed by atoms with Crippen LogP contribution >= 0.6 is 12.2 Å². The molecule has 2 N–H and O–H groups in total. The predicted octanol–water partition coefficient (Wildman–Crippen LogP) is 3.11. The number of rotatable bonds is 9. The molecule has 10 heteroatoms. The Bertz CT molecular complexity index is 1050. The highest BCUT2D eigenvalue weighted by molar-refractivity contribution is 7.80. The van der Waals surface area contributed by atoms with Crippen LogP contribution in [0.3, 0.4) is 0 Å². The zero-order valence-electron chi connectivity index (χ0n) is 18.3. The first-order valence-corrected chi connectivity index (χ1v) is 11.0. The third-order valence-electron chi connectivity index (χ3n) is 4.91. The Kier molecular flexibility index (Phi) is 7.94. The molecule has 3 rings (SSSR count). The van der Waals surface area contributed by atoms with E-state index in [0.29, 0.717) is 18.0 Å². The molecule has 1 saturated heterocycles. The van der Waals surface area contributed by atoms with Crippen LogP contribution in [-0.4, -0.2) is 51.9 Å². The number of benzene rings is 2. The molecular weight excluding hydrogens is 447 g/mol. The quantitative estimate of drug-likeness (QED) is 0.545. The second-order valence-corrected chi connectivity index (χ2v) is 7.69. The molecule has 2 aromatic rings. The Hall–Kier alpha value is -3.53. The van der Waals surface area contributed by atoms with Crippen molar-refractivity contribution in [1.82, 2.24) is 15.3 Å². The minimum absolute atomic E-state index is 0.0637. The van der Waals surface area contributed by atoms with E-state index in [-0.39, 0.29) is 23.6 Å². The lowest BCUT2D eigenvalue weighted by atomic mass is 10.1. The highest BCUT2D eigenvalue weighted by Crippen LogP contribution is 2.21. The highest BCUT2D eigenvalue weighted by atomic mass is 32.1. The average molecular weight is 473 g/mol. The molecule has 0 aromatic heterocycles. The van der Waals surface area contributed by atoms with E-state index in [2.05, 4.69) is 10.7 Å². The fourth-order valence-corrected chi connectivity index (χ4v) is 3.68. The van der Waals surface area contributed by atoms with Gasteiger partial charge in [0.1, 0.15) is 17.6 Å². The van der Waals surface area contributed by atoms with E-state index in [1.165, 1.54) is 28.1 Å². The Morgan fingerprint density at radius 1 is 1.15 bits per heavy atom. The largest absolute Gasteiger partial charge is 0.494 e. The van der Waals surface area contributed by atoms with Crippen molar-refractivity contribution in [3.8, 4) is 5.75 Å². The van der Waals surface area contributed by atoms with Gasteiger partial charge in [-0.1, -0.05) is 13.0 Å². The Labute approximate surface area is 196 Å². The van der Waals surface area contributed by atoms with Gasteiger partial charge in [0.05, 0.1) is 13.0 Å². The predicted molar refractivity (Wildman–Crippen MR) is 125 cm³/mol. The Morgan fingerprint density at radius 2 is 1.88 bits per heavy atom. The van der Waals surface area contributed by atoms with Gasteiger partial charge in [-0.05, 0) is 68.0 Å². The Balaban J connectivity index is 1.70. The van der Waals surface area contributed by atoms with Crippen molar-refractivity contribution in [2.75, 3.05) is 18.5 Å². The SMILES string of the molecule is CCCOc1ccc(NC(=O)CC2C(=O)N(CC)C(=S)N2NC(=O)c2cccc(F)c2)cc1. The summed E-state index contributed by atoms with van der Waals surface area (Å²) in [6, 6.07) is 11.0. The van der Waals surface area contributed by atoms with E-state index in [9.17, 15) is 18.8 Å². The van der Waals surface area contributed by atoms with E-state index >= 15 is 0 Å². The molecule has 1 aliphatic heterocycles. The first kappa shape index (κ1) is 24.1. The third-order valence-corrected chi connectivity index (χ3v) is 5.33. The highest BCUT2D eigenvalue weighted by Gasteiger charge is 2.43. The minimum Gasteiger partial charge on any atom is -0.494 e. The number of carbonyl (C=O) groups is 3. The Morgan fingerprint density at radius 3 is 2.52 bits per heavy atom. The van der Waals surface area contributed by atoms with E-state index in [0.717, 1.165) is 12.5 Å². The summed E-state index contributed by atoms with van der Waals surface area (Å²) < 4.78 is 19.0. The maximum Gasteiger partial charge on any atom is 0.269 e. The van der Waals surface area contributed by atoms with Crippen LogP contribution in [0.1, 0.15) is 37.0 Å². The van der Waals surface area contributed by atoms with Crippen LogP contribution < -0.4 is 15.5 Å². The van der Waals surface area contributed by atoms with Gasteiger partial charge in [-0.25, -0.2) is 9.40 Å². The van der Waals surface area contributed by atoms with Crippen LogP contribution in [0.25, 0.3) is 0 Å². The van der Waals surface area contributed by atoms with Crippen molar-refractivity contribution in [3.63, 3.8) is 0 Å². The van der Waals surface area contributed by atoms with Gasteiger partial charge in [0.15, 0.2) is 5.11 Å². The number of nitrogens with one attached hydrogen (secondary N) is 2. The molecule has 8 nitrogen and oxygen atoms in total. The van der Waals surface area contributed by atoms with Gasteiger partial charge in [0.2, 0.25) is 5.91 Å². The fraction of sp³-hybridized carbons (Fsp3) is 0.304. The summed E-state index contributed by atoms with van der Waals surface area (Å²) in [5.41, 5.74) is 3.15. The van der Waals surface area contributed by atoms with Gasteiger partial charge in [-0.15, -0.1) is 0 Å². The lowest BCUT2D eigenvalue weighted by Crippen LogP contribution is -2.49. The molecule has 1 heterocycles. The van der Waals surface area contributed by atoms with Crippen molar-refractivity contribution < 1.29 is 23.5 Å². The normalized spacial score (nSPS) is 15.5. The van der Waals surface area contributed by atoms with E-state index in [1.54, 1.807) is 31.2 Å². The standard InChI is InChI=1S/C23H25FN4O4S/c1-3-12-32-18-10-8-17(9-11-18)25-20(29)14-19-22(31)27(4-2)23(33)28(19)26-21(30)15-6-5-7-16(24)13-15/h5-11,13,19H,3-4,12,14H2,1-2H3,(H,25,29)(H,26,30). The fourth-order valence-electron chi connectivity index (χ4n) is 3.29. The molecule has 1 fully saturated rings. The maximum absolute atomic E-state index is 13.5. The zero-order valence-corrected chi connectivity index (χ0v) is 19.2. The van der Waals surface area contributed by atoms with Gasteiger partial charge < -0.3 is 10.1 Å². The van der Waals surface area contributed by atoms with E-state index in [4.69, 9.17) is 17.0 Å². The number of amides is 3. The van der Waals surface area contributed by atoms with Crippen LogP contribution in [0.4, 0.5) is 10.1 Å². The van der Waals surface area contributed by atoms with Gasteiger partial charge in [-0.2, -0.15) is 0 Å². The smallest absolute Gasteiger partial charge is 0.269 e. The minimum atomic E-state index is -1.03. The summed E-state index contributed by atoms with van der Waals surface area (Å²) in [7, 11) is 0. The summed E-state index contributed by atoms with van der Waals surface area (Å²) in [6.07, 6.45) is 0.643. The van der Waals surface area contributed by atoms with Crippen LogP contribution in [-0.2, 0) is 9.59 Å². The van der Waals surface area contributed by atoms with Gasteiger partial charge in [0.25, 0.3) is 11.8 Å². The van der Waals surface area contributed by atoms with Crippen LogP contribution in [0.15, 0.2) is 48.5 Å². The number of halogens is 1. The second kappa shape index (κ2) is 10.9. The van der Waals surface area contributed by atoms with Crippen molar-refractivity contribution in [2.45, 2.75) is 32.7 Å². The van der Waals surface area contributed by atoms with Crippen LogP contribution in [0.2, 0.25) is 0 Å². The van der Waals surface area contributed by atoms with E-state index in [1.807, 2.05) is 6.92 Å². The number of thiocarbonyl (C=S) groups is 1. The lowest BCUT2D eigenvalue weighted by Gasteiger charge is -2.24. The molecular formula is C23H25FN4O4S. The molecule has 1 aliphatic rings. The van der Waals surface area contributed by atoms with Gasteiger partial charge in [-0.3, -0.25) is 24.7 Å². The maximum atomic E-state index is 13.5. The third kappa shape index (κ3) is 5.83. The summed E-state index contributed by atoms with van der Waals surface area (Å²) in [5, 5.41) is 4.00. The topological polar surface area (TPSA) is 91.0 Å². The van der Waals surface area contributed by atoms with Gasteiger partial charge >= 0.3 is 0 Å². The first-order valence-electron chi connectivity index (χ1n) is 10.6. The molecule has 33 heavy (non-hydrogen) atoms. The van der Waals surface area contributed by atoms with Crippen molar-refractivity contribution >= 4 is 40.7 Å². The monoisotopic (exact) mass is 472 g/mol. The molecule has 0 spiro atoms. The molecule has 0 bridgehead atoms. The summed E-state index contributed by atoms with van der Waals surface area (Å²) >= 11 is 5.34. The molecule has 0 saturated carbocycles. The lowest BCUT2D eigenvalue weighted by molar-refractivity contribution is -0.130. The molecule has 174 valence electrons. The zero-order chi connectivity index (χ0) is 24.0. The molecule has 3 amide bonds. The average Bonchev–Trinajstić information content (AvgIpc) is 3.01. The molecule has 1 atom stereocenters. The molecule has 1 unspecified atom stereocenters. The summed E-state index contributed by atoms with van der Waals surface area (Å²) in [6.45, 7) is 4.62.